The van der Waals surface area contributed by atoms with Crippen molar-refractivity contribution in [3.63, 3.8) is 0 Å². The highest BCUT2D eigenvalue weighted by atomic mass is 32.2. The maximum absolute atomic E-state index is 11.5. The van der Waals surface area contributed by atoms with E-state index in [0.29, 0.717) is 12.1 Å². The van der Waals surface area contributed by atoms with Crippen LogP contribution in [0.5, 0.6) is 0 Å². The highest BCUT2D eigenvalue weighted by Gasteiger charge is 2.24. The van der Waals surface area contributed by atoms with Crippen molar-refractivity contribution in [1.82, 2.24) is 10.2 Å². The second-order valence-electron chi connectivity index (χ2n) is 5.82. The van der Waals surface area contributed by atoms with Gasteiger partial charge in [-0.05, 0) is 44.1 Å². The topological polar surface area (TPSA) is 41.6 Å². The summed E-state index contributed by atoms with van der Waals surface area (Å²) in [6, 6.07) is 9.51. The lowest BCUT2D eigenvalue weighted by Crippen LogP contribution is -2.47. The molecule has 1 atom stereocenters. The van der Waals surface area contributed by atoms with Crippen molar-refractivity contribution in [2.75, 3.05) is 26.5 Å². The van der Waals surface area contributed by atoms with Crippen LogP contribution in [0.15, 0.2) is 29.2 Å². The fourth-order valence-corrected chi connectivity index (χ4v) is 3.65. The van der Waals surface area contributed by atoms with Crippen molar-refractivity contribution < 1.29 is 9.53 Å². The molecule has 1 aromatic rings. The van der Waals surface area contributed by atoms with Crippen LogP contribution in [-0.2, 0) is 11.2 Å². The minimum absolute atomic E-state index is 0.208. The number of nitrogens with zero attached hydrogens (tertiary/aromatic N) is 1. The number of likely N-dealkylation sites (tertiary alicyclic amines) is 1. The smallest absolute Gasteiger partial charge is 0.409 e. The van der Waals surface area contributed by atoms with Crippen LogP contribution in [-0.4, -0.2) is 49.5 Å². The Morgan fingerprint density at radius 2 is 2.09 bits per heavy atom. The molecule has 0 saturated carbocycles. The first-order chi connectivity index (χ1) is 10.6. The second-order valence-corrected chi connectivity index (χ2v) is 6.66. The van der Waals surface area contributed by atoms with Gasteiger partial charge >= 0.3 is 6.09 Å². The van der Waals surface area contributed by atoms with Crippen molar-refractivity contribution in [3.05, 3.63) is 29.8 Å². The standard InChI is InChI=1S/C17H26N2O2S/c1-13(12-14-6-4-5-7-16(14)22-3)18-15-8-10-19(11-9-15)17(20)21-2/h4-7,13,15,18H,8-12H2,1-3H3/t13-/m0/s1. The van der Waals surface area contributed by atoms with E-state index in [9.17, 15) is 4.79 Å². The van der Waals surface area contributed by atoms with Gasteiger partial charge in [0.25, 0.3) is 0 Å². The van der Waals surface area contributed by atoms with E-state index in [2.05, 4.69) is 42.8 Å². The Morgan fingerprint density at radius 3 is 2.73 bits per heavy atom. The van der Waals surface area contributed by atoms with Gasteiger partial charge in [-0.3, -0.25) is 0 Å². The lowest BCUT2D eigenvalue weighted by molar-refractivity contribution is 0.109. The van der Waals surface area contributed by atoms with Crippen molar-refractivity contribution in [2.45, 2.75) is 43.2 Å². The van der Waals surface area contributed by atoms with Crippen LogP contribution in [0, 0.1) is 0 Å². The average molecular weight is 322 g/mol. The number of hydrogen-bond acceptors (Lipinski definition) is 4. The molecule has 0 unspecified atom stereocenters. The number of benzene rings is 1. The largest absolute Gasteiger partial charge is 0.453 e. The molecule has 122 valence electrons. The summed E-state index contributed by atoms with van der Waals surface area (Å²) in [6.45, 7) is 3.79. The maximum Gasteiger partial charge on any atom is 0.409 e. The number of ether oxygens (including phenoxy) is 1. The summed E-state index contributed by atoms with van der Waals surface area (Å²) < 4.78 is 4.77. The van der Waals surface area contributed by atoms with E-state index in [-0.39, 0.29) is 6.09 Å². The van der Waals surface area contributed by atoms with Gasteiger partial charge in [0.15, 0.2) is 0 Å². The molecule has 1 fully saturated rings. The first-order valence-electron chi connectivity index (χ1n) is 7.85. The molecule has 1 aliphatic rings. The van der Waals surface area contributed by atoms with Crippen LogP contribution in [0.3, 0.4) is 0 Å². The van der Waals surface area contributed by atoms with Gasteiger partial charge in [-0.25, -0.2) is 4.79 Å². The molecule has 4 nitrogen and oxygen atoms in total. The maximum atomic E-state index is 11.5. The third-order valence-corrected chi connectivity index (χ3v) is 5.00. The Bertz CT molecular complexity index is 487. The molecular formula is C17H26N2O2S. The van der Waals surface area contributed by atoms with Gasteiger partial charge in [0.1, 0.15) is 0 Å². The number of hydrogen-bond donors (Lipinski definition) is 1. The minimum atomic E-state index is -0.208. The molecule has 22 heavy (non-hydrogen) atoms. The Hall–Kier alpha value is -1.20. The molecule has 5 heteroatoms. The third-order valence-electron chi connectivity index (χ3n) is 4.17. The number of carbonyl (C=O) groups is 1. The van der Waals surface area contributed by atoms with Crippen LogP contribution in [0.25, 0.3) is 0 Å². The SMILES string of the molecule is COC(=O)N1CCC(N[C@@H](C)Cc2ccccc2SC)CC1. The summed E-state index contributed by atoms with van der Waals surface area (Å²) in [5.41, 5.74) is 1.40. The molecule has 1 amide bonds. The summed E-state index contributed by atoms with van der Waals surface area (Å²) in [4.78, 5) is 14.6. The number of methoxy groups -OCH3 is 1. The third kappa shape index (κ3) is 4.65. The Kier molecular flexibility index (Phi) is 6.58. The number of rotatable bonds is 5. The summed E-state index contributed by atoms with van der Waals surface area (Å²) in [7, 11) is 1.44. The van der Waals surface area contributed by atoms with Gasteiger partial charge in [0.2, 0.25) is 0 Å². The zero-order chi connectivity index (χ0) is 15.9. The molecule has 1 aromatic carbocycles. The number of nitrogens with one attached hydrogen (secondary N) is 1. The van der Waals surface area contributed by atoms with Crippen LogP contribution in [0.1, 0.15) is 25.3 Å². The Morgan fingerprint density at radius 1 is 1.41 bits per heavy atom. The van der Waals surface area contributed by atoms with Crippen LogP contribution in [0.4, 0.5) is 4.79 Å². The molecule has 0 aromatic heterocycles. The summed E-state index contributed by atoms with van der Waals surface area (Å²) in [5, 5.41) is 3.71. The zero-order valence-corrected chi connectivity index (χ0v) is 14.5. The lowest BCUT2D eigenvalue weighted by Gasteiger charge is -2.33. The van der Waals surface area contributed by atoms with E-state index in [0.717, 1.165) is 32.4 Å². The van der Waals surface area contributed by atoms with Crippen LogP contribution >= 0.6 is 11.8 Å². The van der Waals surface area contributed by atoms with E-state index in [1.807, 2.05) is 0 Å². The van der Waals surface area contributed by atoms with E-state index in [1.54, 1.807) is 16.7 Å². The molecule has 1 aliphatic heterocycles. The van der Waals surface area contributed by atoms with E-state index >= 15 is 0 Å². The summed E-state index contributed by atoms with van der Waals surface area (Å²) in [6.07, 6.45) is 4.93. The first-order valence-corrected chi connectivity index (χ1v) is 9.07. The minimum Gasteiger partial charge on any atom is -0.453 e. The molecule has 1 saturated heterocycles. The predicted molar refractivity (Wildman–Crippen MR) is 91.5 cm³/mol. The number of amides is 1. The molecule has 2 rings (SSSR count). The van der Waals surface area contributed by atoms with E-state index in [4.69, 9.17) is 4.74 Å². The van der Waals surface area contributed by atoms with Gasteiger partial charge < -0.3 is 15.0 Å². The number of thioether (sulfide) groups is 1. The number of piperidine rings is 1. The zero-order valence-electron chi connectivity index (χ0n) is 13.7. The first kappa shape index (κ1) is 17.2. The molecule has 0 spiro atoms. The summed E-state index contributed by atoms with van der Waals surface area (Å²) in [5.74, 6) is 0. The van der Waals surface area contributed by atoms with Gasteiger partial charge in [-0.1, -0.05) is 18.2 Å². The monoisotopic (exact) mass is 322 g/mol. The van der Waals surface area contributed by atoms with Crippen LogP contribution < -0.4 is 5.32 Å². The van der Waals surface area contributed by atoms with Crippen LogP contribution in [0.2, 0.25) is 0 Å². The van der Waals surface area contributed by atoms with Crippen molar-refractivity contribution >= 4 is 17.9 Å². The van der Waals surface area contributed by atoms with Gasteiger partial charge in [0, 0.05) is 30.1 Å². The summed E-state index contributed by atoms with van der Waals surface area (Å²) >= 11 is 1.80. The van der Waals surface area contributed by atoms with E-state index in [1.165, 1.54) is 17.6 Å². The van der Waals surface area contributed by atoms with Crippen molar-refractivity contribution in [2.24, 2.45) is 0 Å². The van der Waals surface area contributed by atoms with Gasteiger partial charge in [-0.2, -0.15) is 0 Å². The highest BCUT2D eigenvalue weighted by Crippen LogP contribution is 2.21. The highest BCUT2D eigenvalue weighted by molar-refractivity contribution is 7.98. The fraction of sp³-hybridized carbons (Fsp3) is 0.588. The number of carbonyl (C=O) groups excluding carboxylic acids is 1. The molecular weight excluding hydrogens is 296 g/mol. The van der Waals surface area contributed by atoms with Gasteiger partial charge in [-0.15, -0.1) is 11.8 Å². The molecule has 0 radical (unpaired) electrons. The average Bonchev–Trinajstić information content (AvgIpc) is 2.55. The quantitative estimate of drug-likeness (QED) is 0.846. The normalized spacial score (nSPS) is 17.3. The second kappa shape index (κ2) is 8.44. The Balaban J connectivity index is 1.81. The lowest BCUT2D eigenvalue weighted by atomic mass is 10.0. The van der Waals surface area contributed by atoms with Gasteiger partial charge in [0.05, 0.1) is 7.11 Å². The molecule has 1 heterocycles. The fourth-order valence-electron chi connectivity index (χ4n) is 3.02. The molecule has 0 bridgehead atoms. The Labute approximate surface area is 137 Å². The molecule has 1 N–H and O–H groups in total. The molecule has 0 aliphatic carbocycles. The van der Waals surface area contributed by atoms with Crippen molar-refractivity contribution in [3.8, 4) is 0 Å². The van der Waals surface area contributed by atoms with E-state index < -0.39 is 0 Å². The predicted octanol–water partition coefficient (Wildman–Crippen LogP) is 3.16. The van der Waals surface area contributed by atoms with Crippen molar-refractivity contribution in [1.29, 1.82) is 0 Å².